The molecule has 0 saturated carbocycles. The summed E-state index contributed by atoms with van der Waals surface area (Å²) in [4.78, 5) is 13.6. The number of aliphatic hydroxyl groups excluding tert-OH is 1. The van der Waals surface area contributed by atoms with Gasteiger partial charge >= 0.3 is 0 Å². The van der Waals surface area contributed by atoms with Gasteiger partial charge in [-0.3, -0.25) is 4.79 Å². The third-order valence-corrected chi connectivity index (χ3v) is 3.02. The first-order valence-corrected chi connectivity index (χ1v) is 5.96. The van der Waals surface area contributed by atoms with E-state index in [2.05, 4.69) is 0 Å². The number of hydrogen-bond donors (Lipinski definition) is 1. The molecule has 98 valence electrons. The van der Waals surface area contributed by atoms with Crippen LogP contribution in [0.3, 0.4) is 0 Å². The molecule has 1 amide bonds. The van der Waals surface area contributed by atoms with Crippen molar-refractivity contribution < 1.29 is 19.0 Å². The minimum absolute atomic E-state index is 0.0545. The van der Waals surface area contributed by atoms with E-state index >= 15 is 0 Å². The lowest BCUT2D eigenvalue weighted by atomic mass is 10.1. The summed E-state index contributed by atoms with van der Waals surface area (Å²) in [6.07, 6.45) is -0.412. The Labute approximate surface area is 109 Å². The number of amides is 1. The highest BCUT2D eigenvalue weighted by Crippen LogP contribution is 2.18. The van der Waals surface area contributed by atoms with Crippen molar-refractivity contribution in [2.75, 3.05) is 26.3 Å². The quantitative estimate of drug-likeness (QED) is 0.884. The third-order valence-electron chi connectivity index (χ3n) is 2.79. The first-order chi connectivity index (χ1) is 8.61. The zero-order valence-electron chi connectivity index (χ0n) is 9.60. The van der Waals surface area contributed by atoms with Crippen molar-refractivity contribution >= 4 is 17.5 Å². The predicted octanol–water partition coefficient (Wildman–Crippen LogP) is 1.31. The van der Waals surface area contributed by atoms with Crippen molar-refractivity contribution in [3.63, 3.8) is 0 Å². The average molecular weight is 274 g/mol. The van der Waals surface area contributed by atoms with Gasteiger partial charge in [0.1, 0.15) is 5.82 Å². The monoisotopic (exact) mass is 273 g/mol. The molecule has 6 heteroatoms. The molecule has 0 aliphatic carbocycles. The Bertz CT molecular complexity index is 455. The van der Waals surface area contributed by atoms with Crippen LogP contribution < -0.4 is 0 Å². The maximum absolute atomic E-state index is 13.6. The van der Waals surface area contributed by atoms with Crippen LogP contribution in [-0.4, -0.2) is 48.3 Å². The number of ether oxygens (including phenoxy) is 1. The Morgan fingerprint density at radius 3 is 3.11 bits per heavy atom. The number of aliphatic hydroxyl groups is 1. The molecule has 2 rings (SSSR count). The van der Waals surface area contributed by atoms with Gasteiger partial charge in [0.2, 0.25) is 0 Å². The molecule has 1 atom stereocenters. The first-order valence-electron chi connectivity index (χ1n) is 5.58. The van der Waals surface area contributed by atoms with Crippen molar-refractivity contribution in [1.82, 2.24) is 4.90 Å². The van der Waals surface area contributed by atoms with E-state index in [4.69, 9.17) is 21.4 Å². The second kappa shape index (κ2) is 5.65. The molecule has 1 aromatic rings. The van der Waals surface area contributed by atoms with E-state index in [9.17, 15) is 9.18 Å². The van der Waals surface area contributed by atoms with Crippen LogP contribution in [0.25, 0.3) is 0 Å². The lowest BCUT2D eigenvalue weighted by molar-refractivity contribution is -0.0448. The highest BCUT2D eigenvalue weighted by molar-refractivity contribution is 6.31. The van der Waals surface area contributed by atoms with Gasteiger partial charge in [-0.05, 0) is 18.2 Å². The normalized spacial score (nSPS) is 19.9. The number of rotatable bonds is 2. The maximum Gasteiger partial charge on any atom is 0.257 e. The summed E-state index contributed by atoms with van der Waals surface area (Å²) in [7, 11) is 0. The lowest BCUT2D eigenvalue weighted by Crippen LogP contribution is -2.47. The number of nitrogens with zero attached hydrogens (tertiary/aromatic N) is 1. The van der Waals surface area contributed by atoms with Crippen molar-refractivity contribution in [3.05, 3.63) is 34.6 Å². The van der Waals surface area contributed by atoms with Gasteiger partial charge in [-0.1, -0.05) is 11.6 Å². The number of hydrogen-bond acceptors (Lipinski definition) is 3. The molecule has 1 aromatic carbocycles. The molecule has 0 radical (unpaired) electrons. The second-order valence-corrected chi connectivity index (χ2v) is 4.49. The van der Waals surface area contributed by atoms with E-state index in [1.54, 1.807) is 0 Å². The molecule has 1 fully saturated rings. The summed E-state index contributed by atoms with van der Waals surface area (Å²) < 4.78 is 18.8. The topological polar surface area (TPSA) is 49.8 Å². The predicted molar refractivity (Wildman–Crippen MR) is 64.1 cm³/mol. The minimum Gasteiger partial charge on any atom is -0.394 e. The molecule has 4 nitrogen and oxygen atoms in total. The Morgan fingerprint density at radius 1 is 1.61 bits per heavy atom. The van der Waals surface area contributed by atoms with Crippen molar-refractivity contribution in [1.29, 1.82) is 0 Å². The van der Waals surface area contributed by atoms with Crippen LogP contribution in [0.5, 0.6) is 0 Å². The van der Waals surface area contributed by atoms with E-state index in [1.807, 2.05) is 0 Å². The highest BCUT2D eigenvalue weighted by Gasteiger charge is 2.26. The van der Waals surface area contributed by atoms with Gasteiger partial charge in [-0.25, -0.2) is 4.39 Å². The largest absolute Gasteiger partial charge is 0.394 e. The number of carbonyl (C=O) groups excluding carboxylic acids is 1. The molecule has 1 heterocycles. The molecule has 0 spiro atoms. The van der Waals surface area contributed by atoms with Crippen molar-refractivity contribution in [2.45, 2.75) is 6.10 Å². The smallest absolute Gasteiger partial charge is 0.257 e. The molecule has 18 heavy (non-hydrogen) atoms. The molecule has 1 unspecified atom stereocenters. The zero-order valence-corrected chi connectivity index (χ0v) is 10.4. The van der Waals surface area contributed by atoms with E-state index < -0.39 is 17.8 Å². The van der Waals surface area contributed by atoms with Gasteiger partial charge in [0.15, 0.2) is 0 Å². The Morgan fingerprint density at radius 2 is 2.39 bits per heavy atom. The number of carbonyl (C=O) groups is 1. The number of benzene rings is 1. The van der Waals surface area contributed by atoms with Crippen LogP contribution >= 0.6 is 11.6 Å². The summed E-state index contributed by atoms with van der Waals surface area (Å²) in [5.74, 6) is -1.03. The highest BCUT2D eigenvalue weighted by atomic mass is 35.5. The van der Waals surface area contributed by atoms with Crippen LogP contribution in [0, 0.1) is 5.82 Å². The standard InChI is InChI=1S/C12H13ClFNO3/c13-8-1-2-11(14)10(5-8)12(17)15-3-4-18-9(6-15)7-16/h1-2,5,9,16H,3-4,6-7H2. The van der Waals surface area contributed by atoms with Crippen LogP contribution in [0.1, 0.15) is 10.4 Å². The van der Waals surface area contributed by atoms with Gasteiger partial charge in [0.05, 0.1) is 24.9 Å². The summed E-state index contributed by atoms with van der Waals surface area (Å²) in [6.45, 7) is 0.795. The fraction of sp³-hybridized carbons (Fsp3) is 0.417. The van der Waals surface area contributed by atoms with Crippen LogP contribution in [-0.2, 0) is 4.74 Å². The molecule has 1 N–H and O–H groups in total. The molecule has 1 saturated heterocycles. The van der Waals surface area contributed by atoms with Gasteiger partial charge in [0, 0.05) is 18.1 Å². The Kier molecular flexibility index (Phi) is 4.16. The summed E-state index contributed by atoms with van der Waals surface area (Å²) in [5, 5.41) is 9.31. The maximum atomic E-state index is 13.6. The fourth-order valence-corrected chi connectivity index (χ4v) is 2.02. The summed E-state index contributed by atoms with van der Waals surface area (Å²) in [6, 6.07) is 3.87. The molecular formula is C12H13ClFNO3. The summed E-state index contributed by atoms with van der Waals surface area (Å²) in [5.41, 5.74) is -0.0545. The molecule has 0 bridgehead atoms. The van der Waals surface area contributed by atoms with E-state index in [0.29, 0.717) is 18.2 Å². The minimum atomic E-state index is -0.601. The van der Waals surface area contributed by atoms with Gasteiger partial charge in [-0.2, -0.15) is 0 Å². The van der Waals surface area contributed by atoms with Gasteiger partial charge in [-0.15, -0.1) is 0 Å². The Hall–Kier alpha value is -1.17. The van der Waals surface area contributed by atoms with Crippen LogP contribution in [0.2, 0.25) is 5.02 Å². The molecule has 1 aliphatic heterocycles. The van der Waals surface area contributed by atoms with Gasteiger partial charge < -0.3 is 14.7 Å². The zero-order chi connectivity index (χ0) is 13.1. The average Bonchev–Trinajstić information content (AvgIpc) is 2.41. The molecule has 1 aliphatic rings. The first kappa shape index (κ1) is 13.3. The summed E-state index contributed by atoms with van der Waals surface area (Å²) >= 11 is 5.75. The van der Waals surface area contributed by atoms with Gasteiger partial charge in [0.25, 0.3) is 5.91 Å². The van der Waals surface area contributed by atoms with E-state index in [-0.39, 0.29) is 18.7 Å². The Balaban J connectivity index is 2.17. The molecule has 0 aromatic heterocycles. The van der Waals surface area contributed by atoms with Crippen LogP contribution in [0.15, 0.2) is 18.2 Å². The number of halogens is 2. The second-order valence-electron chi connectivity index (χ2n) is 4.05. The van der Waals surface area contributed by atoms with E-state index in [0.717, 1.165) is 0 Å². The van der Waals surface area contributed by atoms with Crippen molar-refractivity contribution in [2.24, 2.45) is 0 Å². The fourth-order valence-electron chi connectivity index (χ4n) is 1.85. The van der Waals surface area contributed by atoms with Crippen molar-refractivity contribution in [3.8, 4) is 0 Å². The third kappa shape index (κ3) is 2.80. The lowest BCUT2D eigenvalue weighted by Gasteiger charge is -2.32. The SMILES string of the molecule is O=C(c1cc(Cl)ccc1F)N1CCOC(CO)C1. The molecular weight excluding hydrogens is 261 g/mol. The van der Waals surface area contributed by atoms with Crippen LogP contribution in [0.4, 0.5) is 4.39 Å². The van der Waals surface area contributed by atoms with E-state index in [1.165, 1.54) is 23.1 Å². The number of morpholine rings is 1.